The van der Waals surface area contributed by atoms with Crippen LogP contribution in [0.2, 0.25) is 0 Å². The first kappa shape index (κ1) is 17.2. The highest BCUT2D eigenvalue weighted by Crippen LogP contribution is 2.43. The molecule has 3 heterocycles. The third kappa shape index (κ3) is 2.74. The number of imidazole rings is 1. The van der Waals surface area contributed by atoms with Crippen LogP contribution in [0.1, 0.15) is 22.1 Å². The molecule has 0 saturated carbocycles. The lowest BCUT2D eigenvalue weighted by Gasteiger charge is -2.28. The maximum absolute atomic E-state index is 13.6. The SMILES string of the molecule is Cn1c(C(=O)N2C[C@@H]3CNC[C@@H]3[C@H]2c2ccccc2)cnc1-c1ccccc1. The van der Waals surface area contributed by atoms with Gasteiger partial charge in [-0.25, -0.2) is 4.98 Å². The zero-order valence-electron chi connectivity index (χ0n) is 16.0. The second-order valence-electron chi connectivity index (χ2n) is 7.79. The summed E-state index contributed by atoms with van der Waals surface area (Å²) in [6, 6.07) is 20.6. The molecule has 0 unspecified atom stereocenters. The van der Waals surface area contributed by atoms with Gasteiger partial charge < -0.3 is 14.8 Å². The Morgan fingerprint density at radius 3 is 2.50 bits per heavy atom. The molecule has 142 valence electrons. The largest absolute Gasteiger partial charge is 0.330 e. The van der Waals surface area contributed by atoms with Gasteiger partial charge >= 0.3 is 0 Å². The summed E-state index contributed by atoms with van der Waals surface area (Å²) in [5.74, 6) is 1.87. The van der Waals surface area contributed by atoms with Crippen molar-refractivity contribution in [2.75, 3.05) is 19.6 Å². The average molecular weight is 372 g/mol. The molecule has 0 bridgehead atoms. The zero-order chi connectivity index (χ0) is 19.1. The Morgan fingerprint density at radius 1 is 1.04 bits per heavy atom. The van der Waals surface area contributed by atoms with E-state index in [1.807, 2.05) is 48.0 Å². The highest BCUT2D eigenvalue weighted by atomic mass is 16.2. The Balaban J connectivity index is 1.50. The number of rotatable bonds is 3. The molecule has 0 aliphatic carbocycles. The van der Waals surface area contributed by atoms with E-state index in [1.165, 1.54) is 5.56 Å². The van der Waals surface area contributed by atoms with Crippen LogP contribution in [0.25, 0.3) is 11.4 Å². The van der Waals surface area contributed by atoms with Crippen molar-refractivity contribution in [1.82, 2.24) is 19.8 Å². The van der Waals surface area contributed by atoms with E-state index in [1.54, 1.807) is 6.20 Å². The number of aromatic nitrogens is 2. The Hall–Kier alpha value is -2.92. The smallest absolute Gasteiger partial charge is 0.272 e. The fourth-order valence-corrected chi connectivity index (χ4v) is 4.82. The summed E-state index contributed by atoms with van der Waals surface area (Å²) in [5.41, 5.74) is 2.89. The van der Waals surface area contributed by atoms with E-state index < -0.39 is 0 Å². The second-order valence-corrected chi connectivity index (χ2v) is 7.79. The molecule has 5 heteroatoms. The molecule has 2 saturated heterocycles. The van der Waals surface area contributed by atoms with Gasteiger partial charge in [-0.3, -0.25) is 4.79 Å². The van der Waals surface area contributed by atoms with Gasteiger partial charge in [-0.15, -0.1) is 0 Å². The Kier molecular flexibility index (Phi) is 4.24. The molecule has 2 fully saturated rings. The maximum atomic E-state index is 13.6. The topological polar surface area (TPSA) is 50.2 Å². The molecule has 5 nitrogen and oxygen atoms in total. The number of fused-ring (bicyclic) bond motifs is 1. The summed E-state index contributed by atoms with van der Waals surface area (Å²) in [6.07, 6.45) is 1.72. The molecule has 28 heavy (non-hydrogen) atoms. The molecule has 3 atom stereocenters. The minimum Gasteiger partial charge on any atom is -0.330 e. The second kappa shape index (κ2) is 6.91. The molecule has 1 N–H and O–H groups in total. The van der Waals surface area contributed by atoms with Crippen molar-refractivity contribution < 1.29 is 4.79 Å². The lowest BCUT2D eigenvalue weighted by molar-refractivity contribution is 0.0704. The van der Waals surface area contributed by atoms with Crippen LogP contribution in [0, 0.1) is 11.8 Å². The van der Waals surface area contributed by atoms with Crippen molar-refractivity contribution in [3.8, 4) is 11.4 Å². The van der Waals surface area contributed by atoms with Gasteiger partial charge in [-0.1, -0.05) is 60.7 Å². The fourth-order valence-electron chi connectivity index (χ4n) is 4.82. The lowest BCUT2D eigenvalue weighted by Crippen LogP contribution is -2.35. The first-order valence-corrected chi connectivity index (χ1v) is 9.88. The Bertz CT molecular complexity index is 982. The number of amides is 1. The first-order chi connectivity index (χ1) is 13.7. The normalized spacial score (nSPS) is 23.8. The van der Waals surface area contributed by atoms with Crippen LogP contribution in [-0.2, 0) is 7.05 Å². The van der Waals surface area contributed by atoms with E-state index in [-0.39, 0.29) is 11.9 Å². The summed E-state index contributed by atoms with van der Waals surface area (Å²) in [4.78, 5) is 20.2. The van der Waals surface area contributed by atoms with Crippen molar-refractivity contribution in [2.24, 2.45) is 18.9 Å². The Labute approximate surface area is 165 Å². The van der Waals surface area contributed by atoms with Gasteiger partial charge in [0, 0.05) is 38.2 Å². The molecule has 0 spiro atoms. The number of hydrogen-bond donors (Lipinski definition) is 1. The highest BCUT2D eigenvalue weighted by molar-refractivity contribution is 5.93. The van der Waals surface area contributed by atoms with Gasteiger partial charge in [0.25, 0.3) is 5.91 Å². The van der Waals surface area contributed by atoms with E-state index in [0.29, 0.717) is 17.5 Å². The van der Waals surface area contributed by atoms with Crippen LogP contribution in [0.5, 0.6) is 0 Å². The van der Waals surface area contributed by atoms with Gasteiger partial charge in [-0.2, -0.15) is 0 Å². The predicted molar refractivity (Wildman–Crippen MR) is 109 cm³/mol. The third-order valence-corrected chi connectivity index (χ3v) is 6.21. The molecular formula is C23H24N4O. The quantitative estimate of drug-likeness (QED) is 0.769. The van der Waals surface area contributed by atoms with Crippen LogP contribution in [0.15, 0.2) is 66.9 Å². The lowest BCUT2D eigenvalue weighted by atomic mass is 9.89. The van der Waals surface area contributed by atoms with Crippen LogP contribution < -0.4 is 5.32 Å². The molecule has 2 aliphatic heterocycles. The van der Waals surface area contributed by atoms with Crippen LogP contribution in [-0.4, -0.2) is 40.0 Å². The van der Waals surface area contributed by atoms with Gasteiger partial charge in [-0.05, 0) is 11.5 Å². The molecule has 0 radical (unpaired) electrons. The van der Waals surface area contributed by atoms with E-state index in [0.717, 1.165) is 31.0 Å². The summed E-state index contributed by atoms with van der Waals surface area (Å²) < 4.78 is 1.92. The van der Waals surface area contributed by atoms with Gasteiger partial charge in [0.15, 0.2) is 0 Å². The molecule has 2 aromatic carbocycles. The minimum atomic E-state index is 0.0698. The van der Waals surface area contributed by atoms with E-state index in [4.69, 9.17) is 0 Å². The maximum Gasteiger partial charge on any atom is 0.272 e. The standard InChI is InChI=1S/C23H24N4O/c1-26-20(14-25-22(26)17-10-6-3-7-11-17)23(28)27-15-18-12-24-13-19(18)21(27)16-8-4-2-5-9-16/h2-11,14,18-19,21,24H,12-13,15H2,1H3/t18-,19-,21+/m0/s1. The summed E-state index contributed by atoms with van der Waals surface area (Å²) in [5, 5.41) is 3.50. The highest BCUT2D eigenvalue weighted by Gasteiger charge is 2.47. The van der Waals surface area contributed by atoms with Gasteiger partial charge in [0.05, 0.1) is 12.2 Å². The third-order valence-electron chi connectivity index (χ3n) is 6.21. The number of hydrogen-bond acceptors (Lipinski definition) is 3. The van der Waals surface area contributed by atoms with Crippen molar-refractivity contribution >= 4 is 5.91 Å². The molecule has 5 rings (SSSR count). The van der Waals surface area contributed by atoms with Crippen molar-refractivity contribution in [1.29, 1.82) is 0 Å². The molecule has 3 aromatic rings. The molecule has 1 amide bonds. The fraction of sp³-hybridized carbons (Fsp3) is 0.304. The minimum absolute atomic E-state index is 0.0698. The van der Waals surface area contributed by atoms with Crippen LogP contribution in [0.4, 0.5) is 0 Å². The van der Waals surface area contributed by atoms with E-state index >= 15 is 0 Å². The monoisotopic (exact) mass is 372 g/mol. The first-order valence-electron chi connectivity index (χ1n) is 9.88. The van der Waals surface area contributed by atoms with E-state index in [9.17, 15) is 4.79 Å². The summed E-state index contributed by atoms with van der Waals surface area (Å²) >= 11 is 0. The summed E-state index contributed by atoms with van der Waals surface area (Å²) in [6.45, 7) is 2.75. The number of nitrogens with zero attached hydrogens (tertiary/aromatic N) is 3. The van der Waals surface area contributed by atoms with Crippen LogP contribution >= 0.6 is 0 Å². The number of carbonyl (C=O) groups excluding carboxylic acids is 1. The van der Waals surface area contributed by atoms with E-state index in [2.05, 4.69) is 39.5 Å². The van der Waals surface area contributed by atoms with Crippen molar-refractivity contribution in [2.45, 2.75) is 6.04 Å². The zero-order valence-corrected chi connectivity index (χ0v) is 16.0. The van der Waals surface area contributed by atoms with Crippen LogP contribution in [0.3, 0.4) is 0 Å². The Morgan fingerprint density at radius 2 is 1.75 bits per heavy atom. The molecule has 2 aliphatic rings. The van der Waals surface area contributed by atoms with Gasteiger partial charge in [0.2, 0.25) is 0 Å². The molecular weight excluding hydrogens is 348 g/mol. The molecule has 1 aromatic heterocycles. The van der Waals surface area contributed by atoms with Crippen molar-refractivity contribution in [3.63, 3.8) is 0 Å². The predicted octanol–water partition coefficient (Wildman–Crippen LogP) is 3.12. The average Bonchev–Trinajstić information content (AvgIpc) is 3.43. The van der Waals surface area contributed by atoms with Crippen molar-refractivity contribution in [3.05, 3.63) is 78.1 Å². The van der Waals surface area contributed by atoms with Gasteiger partial charge in [0.1, 0.15) is 11.5 Å². The summed E-state index contributed by atoms with van der Waals surface area (Å²) in [7, 11) is 1.93. The number of likely N-dealkylation sites (tertiary alicyclic amines) is 1. The number of carbonyl (C=O) groups is 1. The number of benzene rings is 2. The number of nitrogens with one attached hydrogen (secondary N) is 1.